The molecule has 2 heterocycles. The van der Waals surface area contributed by atoms with Crippen LogP contribution in [0.1, 0.15) is 19.2 Å². The van der Waals surface area contributed by atoms with Crippen LogP contribution in [0.5, 0.6) is 0 Å². The van der Waals surface area contributed by atoms with E-state index in [9.17, 15) is 9.18 Å². The summed E-state index contributed by atoms with van der Waals surface area (Å²) in [5.41, 5.74) is 2.60. The first-order valence-corrected chi connectivity index (χ1v) is 10.6. The zero-order valence-electron chi connectivity index (χ0n) is 17.6. The second-order valence-corrected chi connectivity index (χ2v) is 7.53. The van der Waals surface area contributed by atoms with Crippen molar-refractivity contribution in [2.24, 2.45) is 0 Å². The molecule has 162 valence electrons. The van der Waals surface area contributed by atoms with Crippen molar-refractivity contribution < 1.29 is 13.7 Å². The molecule has 0 aliphatic carbocycles. The number of benzene rings is 2. The molecule has 4 rings (SSSR count). The molecule has 31 heavy (non-hydrogen) atoms. The van der Waals surface area contributed by atoms with E-state index in [0.717, 1.165) is 38.4 Å². The molecule has 1 aromatic heterocycles. The second-order valence-electron chi connectivity index (χ2n) is 7.53. The van der Waals surface area contributed by atoms with Crippen LogP contribution < -0.4 is 10.2 Å². The highest BCUT2D eigenvalue weighted by atomic mass is 19.1. The van der Waals surface area contributed by atoms with E-state index in [1.165, 1.54) is 17.8 Å². The Bertz CT molecular complexity index is 996. The van der Waals surface area contributed by atoms with E-state index in [4.69, 9.17) is 4.52 Å². The van der Waals surface area contributed by atoms with Gasteiger partial charge in [-0.25, -0.2) is 4.39 Å². The maximum atomic E-state index is 13.0. The van der Waals surface area contributed by atoms with Crippen molar-refractivity contribution in [2.45, 2.75) is 19.8 Å². The van der Waals surface area contributed by atoms with Gasteiger partial charge in [-0.15, -0.1) is 0 Å². The Morgan fingerprint density at radius 2 is 1.77 bits per heavy atom. The highest BCUT2D eigenvalue weighted by molar-refractivity contribution is 5.91. The Kier molecular flexibility index (Phi) is 6.57. The fourth-order valence-corrected chi connectivity index (χ4v) is 3.59. The second kappa shape index (κ2) is 9.70. The molecule has 7 nitrogen and oxygen atoms in total. The molecule has 1 amide bonds. The first kappa shape index (κ1) is 21.0. The summed E-state index contributed by atoms with van der Waals surface area (Å²) in [5.74, 6) is 0.309. The van der Waals surface area contributed by atoms with E-state index >= 15 is 0 Å². The number of amides is 1. The fraction of sp³-hybridized carbons (Fsp3) is 0.348. The number of likely N-dealkylation sites (N-methyl/N-ethyl adjacent to an activating group) is 1. The minimum absolute atomic E-state index is 0.120. The molecule has 0 atom stereocenters. The van der Waals surface area contributed by atoms with Crippen molar-refractivity contribution in [3.8, 4) is 11.4 Å². The predicted octanol–water partition coefficient (Wildman–Crippen LogP) is 3.59. The number of piperazine rings is 1. The molecule has 1 fully saturated rings. The zero-order chi connectivity index (χ0) is 21.6. The van der Waals surface area contributed by atoms with Crippen LogP contribution in [0.4, 0.5) is 15.8 Å². The molecule has 0 spiro atoms. The number of rotatable bonds is 7. The van der Waals surface area contributed by atoms with E-state index < -0.39 is 0 Å². The Morgan fingerprint density at radius 1 is 1.06 bits per heavy atom. The monoisotopic (exact) mass is 423 g/mol. The number of nitrogens with one attached hydrogen (secondary N) is 1. The lowest BCUT2D eigenvalue weighted by atomic mass is 10.2. The van der Waals surface area contributed by atoms with Gasteiger partial charge < -0.3 is 19.6 Å². The first-order valence-electron chi connectivity index (χ1n) is 10.6. The van der Waals surface area contributed by atoms with Crippen molar-refractivity contribution in [1.82, 2.24) is 15.0 Å². The summed E-state index contributed by atoms with van der Waals surface area (Å²) in [4.78, 5) is 21.4. The zero-order valence-corrected chi connectivity index (χ0v) is 17.6. The molecule has 0 bridgehead atoms. The average molecular weight is 423 g/mol. The summed E-state index contributed by atoms with van der Waals surface area (Å²) in [7, 11) is 0. The van der Waals surface area contributed by atoms with Crippen molar-refractivity contribution in [2.75, 3.05) is 42.9 Å². The number of hydrogen-bond donors (Lipinski definition) is 1. The van der Waals surface area contributed by atoms with Crippen molar-refractivity contribution in [1.29, 1.82) is 0 Å². The molecule has 2 aromatic carbocycles. The van der Waals surface area contributed by atoms with Crippen LogP contribution in [-0.2, 0) is 11.2 Å². The standard InChI is InChI=1S/C23H26FN5O2/c1-2-28-13-15-29(16-14-28)20-9-7-19(8-10-20)25-21(30)11-12-22-26-23(27-31-22)17-3-5-18(24)6-4-17/h3-10H,2,11-16H2,1H3,(H,25,30). The maximum Gasteiger partial charge on any atom is 0.227 e. The van der Waals surface area contributed by atoms with E-state index in [0.29, 0.717) is 23.7 Å². The lowest BCUT2D eigenvalue weighted by Crippen LogP contribution is -2.46. The van der Waals surface area contributed by atoms with Crippen LogP contribution in [0.2, 0.25) is 0 Å². The molecule has 0 radical (unpaired) electrons. The highest BCUT2D eigenvalue weighted by Crippen LogP contribution is 2.20. The van der Waals surface area contributed by atoms with Crippen molar-refractivity contribution in [3.05, 3.63) is 60.2 Å². The molecular formula is C23H26FN5O2. The van der Waals surface area contributed by atoms with Gasteiger partial charge in [0.25, 0.3) is 0 Å². The maximum absolute atomic E-state index is 13.0. The Balaban J connectivity index is 1.26. The fourth-order valence-electron chi connectivity index (χ4n) is 3.59. The van der Waals surface area contributed by atoms with Gasteiger partial charge in [0, 0.05) is 56.0 Å². The molecule has 1 saturated heterocycles. The number of hydrogen-bond acceptors (Lipinski definition) is 6. The molecule has 1 N–H and O–H groups in total. The summed E-state index contributed by atoms with van der Waals surface area (Å²) in [6.07, 6.45) is 0.561. The molecule has 8 heteroatoms. The van der Waals surface area contributed by atoms with Gasteiger partial charge in [-0.1, -0.05) is 12.1 Å². The third-order valence-corrected chi connectivity index (χ3v) is 5.47. The van der Waals surface area contributed by atoms with Gasteiger partial charge in [-0.05, 0) is 55.1 Å². The minimum atomic E-state index is -0.323. The number of aromatic nitrogens is 2. The molecule has 3 aromatic rings. The van der Waals surface area contributed by atoms with Crippen LogP contribution in [0.15, 0.2) is 53.1 Å². The number of nitrogens with zero attached hydrogens (tertiary/aromatic N) is 4. The Labute approximate surface area is 180 Å². The van der Waals surface area contributed by atoms with Gasteiger partial charge in [-0.2, -0.15) is 4.98 Å². The number of anilines is 2. The summed E-state index contributed by atoms with van der Waals surface area (Å²) >= 11 is 0. The van der Waals surface area contributed by atoms with Gasteiger partial charge in [-0.3, -0.25) is 4.79 Å². The number of halogens is 1. The normalized spacial score (nSPS) is 14.6. The van der Waals surface area contributed by atoms with Gasteiger partial charge in [0.15, 0.2) is 0 Å². The Morgan fingerprint density at radius 3 is 2.45 bits per heavy atom. The smallest absolute Gasteiger partial charge is 0.227 e. The van der Waals surface area contributed by atoms with Crippen LogP contribution in [0.25, 0.3) is 11.4 Å². The lowest BCUT2D eigenvalue weighted by Gasteiger charge is -2.35. The van der Waals surface area contributed by atoms with Crippen LogP contribution in [-0.4, -0.2) is 53.7 Å². The van der Waals surface area contributed by atoms with Gasteiger partial charge in [0.1, 0.15) is 5.82 Å². The van der Waals surface area contributed by atoms with Crippen LogP contribution in [0, 0.1) is 5.82 Å². The largest absolute Gasteiger partial charge is 0.369 e. The number of carbonyl (C=O) groups is 1. The Hall–Kier alpha value is -3.26. The summed E-state index contributed by atoms with van der Waals surface area (Å²) in [6.45, 7) is 7.47. The van der Waals surface area contributed by atoms with Crippen LogP contribution in [0.3, 0.4) is 0 Å². The van der Waals surface area contributed by atoms with E-state index in [1.54, 1.807) is 12.1 Å². The topological polar surface area (TPSA) is 74.5 Å². The highest BCUT2D eigenvalue weighted by Gasteiger charge is 2.16. The van der Waals surface area contributed by atoms with Gasteiger partial charge in [0.2, 0.25) is 17.6 Å². The van der Waals surface area contributed by atoms with E-state index in [-0.39, 0.29) is 18.1 Å². The lowest BCUT2D eigenvalue weighted by molar-refractivity contribution is -0.116. The van der Waals surface area contributed by atoms with E-state index in [2.05, 4.69) is 32.2 Å². The van der Waals surface area contributed by atoms with Crippen LogP contribution >= 0.6 is 0 Å². The van der Waals surface area contributed by atoms with E-state index in [1.807, 2.05) is 24.3 Å². The first-order chi connectivity index (χ1) is 15.1. The predicted molar refractivity (Wildman–Crippen MR) is 117 cm³/mol. The van der Waals surface area contributed by atoms with Crippen molar-refractivity contribution >= 4 is 17.3 Å². The average Bonchev–Trinajstić information content (AvgIpc) is 3.28. The molecular weight excluding hydrogens is 397 g/mol. The quantitative estimate of drug-likeness (QED) is 0.626. The molecule has 0 unspecified atom stereocenters. The number of carbonyl (C=O) groups excluding carboxylic acids is 1. The van der Waals surface area contributed by atoms with Gasteiger partial charge in [0.05, 0.1) is 0 Å². The summed E-state index contributed by atoms with van der Waals surface area (Å²) < 4.78 is 18.2. The third-order valence-electron chi connectivity index (χ3n) is 5.47. The summed E-state index contributed by atoms with van der Waals surface area (Å²) in [5, 5.41) is 6.80. The SMILES string of the molecule is CCN1CCN(c2ccc(NC(=O)CCc3nc(-c4ccc(F)cc4)no3)cc2)CC1. The third kappa shape index (κ3) is 5.46. The minimum Gasteiger partial charge on any atom is -0.369 e. The van der Waals surface area contributed by atoms with Gasteiger partial charge >= 0.3 is 0 Å². The summed E-state index contributed by atoms with van der Waals surface area (Å²) in [6, 6.07) is 13.8. The number of aryl methyl sites for hydroxylation is 1. The molecule has 1 aliphatic rings. The van der Waals surface area contributed by atoms with Crippen molar-refractivity contribution in [3.63, 3.8) is 0 Å². The molecule has 0 saturated carbocycles. The molecule has 1 aliphatic heterocycles.